The zero-order valence-corrected chi connectivity index (χ0v) is 19.2. The summed E-state index contributed by atoms with van der Waals surface area (Å²) >= 11 is 0. The fourth-order valence-corrected chi connectivity index (χ4v) is 3.95. The van der Waals surface area contributed by atoms with Crippen molar-refractivity contribution in [2.24, 2.45) is 5.92 Å². The molecule has 2 unspecified atom stereocenters. The van der Waals surface area contributed by atoms with Crippen LogP contribution in [0.3, 0.4) is 0 Å². The van der Waals surface area contributed by atoms with Gasteiger partial charge in [0, 0.05) is 17.7 Å². The summed E-state index contributed by atoms with van der Waals surface area (Å²) in [6.07, 6.45) is 2.64. The van der Waals surface area contributed by atoms with Gasteiger partial charge in [-0.3, -0.25) is 4.79 Å². The third-order valence-corrected chi connectivity index (χ3v) is 6.02. The number of amides is 1. The van der Waals surface area contributed by atoms with Gasteiger partial charge < -0.3 is 24.3 Å². The summed E-state index contributed by atoms with van der Waals surface area (Å²) in [4.78, 5) is 36.2. The Hall–Kier alpha value is -3.03. The second-order valence-electron chi connectivity index (χ2n) is 8.92. The SMILES string of the molecule is CCc1cc(=O)oc2c3c(cc(OCC(=O)NC(C(=O)O)C(C)CC)c12)OC(C)(C)CC3. The highest BCUT2D eigenvalue weighted by atomic mass is 16.5. The first-order valence-electron chi connectivity index (χ1n) is 11.0. The van der Waals surface area contributed by atoms with Gasteiger partial charge in [-0.25, -0.2) is 9.59 Å². The molecule has 2 atom stereocenters. The molecule has 0 aliphatic carbocycles. The van der Waals surface area contributed by atoms with Crippen LogP contribution in [0.4, 0.5) is 0 Å². The molecule has 8 nitrogen and oxygen atoms in total. The fraction of sp³-hybridized carbons (Fsp3) is 0.542. The highest BCUT2D eigenvalue weighted by molar-refractivity contribution is 5.92. The molecular formula is C24H31NO7. The van der Waals surface area contributed by atoms with Gasteiger partial charge in [0.25, 0.3) is 5.91 Å². The number of carbonyl (C=O) groups is 2. The zero-order valence-electron chi connectivity index (χ0n) is 19.2. The van der Waals surface area contributed by atoms with Gasteiger partial charge in [-0.2, -0.15) is 0 Å². The Morgan fingerprint density at radius 2 is 2.00 bits per heavy atom. The van der Waals surface area contributed by atoms with Gasteiger partial charge in [0.1, 0.15) is 28.7 Å². The molecular weight excluding hydrogens is 414 g/mol. The zero-order chi connectivity index (χ0) is 23.6. The van der Waals surface area contributed by atoms with Crippen molar-refractivity contribution in [1.82, 2.24) is 5.32 Å². The minimum absolute atomic E-state index is 0.224. The van der Waals surface area contributed by atoms with E-state index in [-0.39, 0.29) is 18.1 Å². The second kappa shape index (κ2) is 9.22. The first kappa shape index (κ1) is 23.6. The Kier molecular flexibility index (Phi) is 6.81. The van der Waals surface area contributed by atoms with Gasteiger partial charge >= 0.3 is 11.6 Å². The van der Waals surface area contributed by atoms with E-state index < -0.39 is 23.5 Å². The first-order valence-corrected chi connectivity index (χ1v) is 11.0. The van der Waals surface area contributed by atoms with E-state index in [1.807, 2.05) is 27.7 Å². The summed E-state index contributed by atoms with van der Waals surface area (Å²) in [5.74, 6) is -0.929. The summed E-state index contributed by atoms with van der Waals surface area (Å²) in [6.45, 7) is 9.14. The summed E-state index contributed by atoms with van der Waals surface area (Å²) in [7, 11) is 0. The van der Waals surface area contributed by atoms with Crippen molar-refractivity contribution in [1.29, 1.82) is 0 Å². The van der Waals surface area contributed by atoms with Crippen molar-refractivity contribution < 1.29 is 28.6 Å². The average Bonchev–Trinajstić information content (AvgIpc) is 2.73. The monoisotopic (exact) mass is 445 g/mol. The quantitative estimate of drug-likeness (QED) is 0.598. The summed E-state index contributed by atoms with van der Waals surface area (Å²) in [5.41, 5.74) is 1.15. The van der Waals surface area contributed by atoms with Gasteiger partial charge in [-0.1, -0.05) is 27.2 Å². The number of nitrogens with one attached hydrogen (secondary N) is 1. The van der Waals surface area contributed by atoms with Crippen LogP contribution in [0.25, 0.3) is 11.0 Å². The van der Waals surface area contributed by atoms with E-state index in [9.17, 15) is 19.5 Å². The molecule has 1 aromatic carbocycles. The van der Waals surface area contributed by atoms with E-state index in [2.05, 4.69) is 5.32 Å². The predicted octanol–water partition coefficient (Wildman–Crippen LogP) is 3.45. The molecule has 2 aromatic rings. The lowest BCUT2D eigenvalue weighted by molar-refractivity contribution is -0.143. The van der Waals surface area contributed by atoms with Crippen molar-refractivity contribution in [2.45, 2.75) is 71.9 Å². The molecule has 174 valence electrons. The number of rotatable bonds is 8. The van der Waals surface area contributed by atoms with Crippen LogP contribution in [0, 0.1) is 5.92 Å². The standard InChI is InChI=1S/C24H31NO7/c1-6-13(3)21(23(28)29)25-18(26)12-30-17-11-16-15(8-9-24(4,5)32-16)22-20(17)14(7-2)10-19(27)31-22/h10-11,13,21H,6-9,12H2,1-5H3,(H,25,26)(H,28,29). The maximum atomic E-state index is 12.5. The van der Waals surface area contributed by atoms with E-state index in [0.717, 1.165) is 17.5 Å². The molecule has 1 aliphatic heterocycles. The van der Waals surface area contributed by atoms with Crippen LogP contribution < -0.4 is 20.4 Å². The fourth-order valence-electron chi connectivity index (χ4n) is 3.95. The lowest BCUT2D eigenvalue weighted by atomic mass is 9.92. The summed E-state index contributed by atoms with van der Waals surface area (Å²) in [5, 5.41) is 12.6. The molecule has 0 spiro atoms. The highest BCUT2D eigenvalue weighted by Crippen LogP contribution is 2.42. The number of hydrogen-bond donors (Lipinski definition) is 2. The van der Waals surface area contributed by atoms with Crippen molar-refractivity contribution in [2.75, 3.05) is 6.61 Å². The minimum atomic E-state index is -1.09. The largest absolute Gasteiger partial charge is 0.487 e. The normalized spacial score (nSPS) is 16.5. The topological polar surface area (TPSA) is 115 Å². The van der Waals surface area contributed by atoms with E-state index >= 15 is 0 Å². The molecule has 2 heterocycles. The predicted molar refractivity (Wildman–Crippen MR) is 119 cm³/mol. The number of benzene rings is 1. The Balaban J connectivity index is 1.96. The molecule has 1 amide bonds. The third-order valence-electron chi connectivity index (χ3n) is 6.02. The van der Waals surface area contributed by atoms with Crippen molar-refractivity contribution in [3.8, 4) is 11.5 Å². The Morgan fingerprint density at radius 3 is 2.62 bits per heavy atom. The van der Waals surface area contributed by atoms with Crippen molar-refractivity contribution in [3.05, 3.63) is 33.7 Å². The van der Waals surface area contributed by atoms with Gasteiger partial charge in [0.2, 0.25) is 0 Å². The molecule has 0 saturated carbocycles. The van der Waals surface area contributed by atoms with Crippen LogP contribution in [0.5, 0.6) is 11.5 Å². The molecule has 3 rings (SSSR count). The number of carboxylic acids is 1. The van der Waals surface area contributed by atoms with Gasteiger partial charge in [-0.05, 0) is 44.6 Å². The Morgan fingerprint density at radius 1 is 1.28 bits per heavy atom. The second-order valence-corrected chi connectivity index (χ2v) is 8.92. The molecule has 0 fully saturated rings. The molecule has 1 aliphatic rings. The Labute approximate surface area is 186 Å². The highest BCUT2D eigenvalue weighted by Gasteiger charge is 2.31. The Bertz CT molecular complexity index is 1090. The van der Waals surface area contributed by atoms with Gasteiger partial charge in [-0.15, -0.1) is 0 Å². The van der Waals surface area contributed by atoms with Crippen molar-refractivity contribution >= 4 is 22.8 Å². The number of fused-ring (bicyclic) bond motifs is 3. The average molecular weight is 446 g/mol. The third kappa shape index (κ3) is 4.89. The number of carbonyl (C=O) groups excluding carboxylic acids is 1. The first-order chi connectivity index (χ1) is 15.1. The van der Waals surface area contributed by atoms with E-state index in [4.69, 9.17) is 13.9 Å². The van der Waals surface area contributed by atoms with Crippen LogP contribution in [0.15, 0.2) is 21.3 Å². The van der Waals surface area contributed by atoms with Crippen LogP contribution in [0.1, 0.15) is 58.6 Å². The van der Waals surface area contributed by atoms with E-state index in [0.29, 0.717) is 41.7 Å². The number of ether oxygens (including phenoxy) is 2. The summed E-state index contributed by atoms with van der Waals surface area (Å²) < 4.78 is 17.5. The van der Waals surface area contributed by atoms with Crippen LogP contribution >= 0.6 is 0 Å². The molecule has 8 heteroatoms. The van der Waals surface area contributed by atoms with E-state index in [1.54, 1.807) is 13.0 Å². The van der Waals surface area contributed by atoms with Gasteiger partial charge in [0.05, 0.1) is 5.39 Å². The lowest BCUT2D eigenvalue weighted by Crippen LogP contribution is -2.46. The van der Waals surface area contributed by atoms with E-state index in [1.165, 1.54) is 6.07 Å². The van der Waals surface area contributed by atoms with Crippen LogP contribution in [-0.2, 0) is 22.4 Å². The number of carboxylic acid groups (broad SMARTS) is 1. The smallest absolute Gasteiger partial charge is 0.336 e. The molecule has 0 bridgehead atoms. The maximum absolute atomic E-state index is 12.5. The number of aryl methyl sites for hydroxylation is 2. The van der Waals surface area contributed by atoms with Gasteiger partial charge in [0.15, 0.2) is 6.61 Å². The minimum Gasteiger partial charge on any atom is -0.487 e. The molecule has 1 aromatic heterocycles. The van der Waals surface area contributed by atoms with Crippen LogP contribution in [0.2, 0.25) is 0 Å². The molecule has 0 radical (unpaired) electrons. The number of aliphatic carboxylic acids is 1. The number of hydrogen-bond acceptors (Lipinski definition) is 6. The maximum Gasteiger partial charge on any atom is 0.336 e. The summed E-state index contributed by atoms with van der Waals surface area (Å²) in [6, 6.07) is 2.16. The van der Waals surface area contributed by atoms with Crippen LogP contribution in [-0.4, -0.2) is 35.2 Å². The van der Waals surface area contributed by atoms with Crippen molar-refractivity contribution in [3.63, 3.8) is 0 Å². The lowest BCUT2D eigenvalue weighted by Gasteiger charge is -2.33. The molecule has 32 heavy (non-hydrogen) atoms. The molecule has 2 N–H and O–H groups in total. The molecule has 0 saturated heterocycles.